The molecule has 26 heavy (non-hydrogen) atoms. The van der Waals surface area contributed by atoms with E-state index >= 15 is 0 Å². The topological polar surface area (TPSA) is 28.7 Å². The first-order valence-electron chi connectivity index (χ1n) is 8.91. The van der Waals surface area contributed by atoms with Gasteiger partial charge in [-0.15, -0.1) is 0 Å². The molecule has 4 rings (SSSR count). The molecule has 3 aromatic carbocycles. The number of aromatic nitrogens is 2. The van der Waals surface area contributed by atoms with Crippen LogP contribution in [0.25, 0.3) is 33.5 Å². The van der Waals surface area contributed by atoms with Crippen LogP contribution in [0.1, 0.15) is 16.8 Å². The second-order valence-electron chi connectivity index (χ2n) is 6.86. The zero-order valence-electron chi connectivity index (χ0n) is 15.4. The van der Waals surface area contributed by atoms with Gasteiger partial charge in [-0.2, -0.15) is 5.10 Å². The molecular weight excluding hydrogens is 316 g/mol. The molecule has 0 unspecified atom stereocenters. The van der Waals surface area contributed by atoms with E-state index < -0.39 is 0 Å². The first kappa shape index (κ1) is 16.3. The van der Waals surface area contributed by atoms with Crippen LogP contribution in [0.4, 0.5) is 0 Å². The zero-order chi connectivity index (χ0) is 18.1. The quantitative estimate of drug-likeness (QED) is 0.464. The maximum atomic E-state index is 4.34. The molecule has 1 N–H and O–H groups in total. The van der Waals surface area contributed by atoms with Crippen molar-refractivity contribution >= 4 is 0 Å². The average Bonchev–Trinajstić information content (AvgIpc) is 3.09. The Morgan fingerprint density at radius 3 is 1.81 bits per heavy atom. The first-order valence-corrected chi connectivity index (χ1v) is 8.91. The van der Waals surface area contributed by atoms with E-state index in [-0.39, 0.29) is 0 Å². The Hall–Kier alpha value is -3.13. The molecule has 2 nitrogen and oxygen atoms in total. The molecule has 0 aliphatic rings. The van der Waals surface area contributed by atoms with Gasteiger partial charge in [0, 0.05) is 11.3 Å². The minimum absolute atomic E-state index is 0.988. The van der Waals surface area contributed by atoms with Crippen LogP contribution in [0.15, 0.2) is 72.8 Å². The van der Waals surface area contributed by atoms with Crippen molar-refractivity contribution in [2.45, 2.75) is 20.8 Å². The van der Waals surface area contributed by atoms with Crippen LogP contribution in [0.3, 0.4) is 0 Å². The van der Waals surface area contributed by atoms with Gasteiger partial charge in [-0.05, 0) is 60.2 Å². The molecule has 0 spiro atoms. The number of rotatable bonds is 3. The van der Waals surface area contributed by atoms with Crippen LogP contribution in [-0.4, -0.2) is 10.2 Å². The molecule has 2 heteroatoms. The van der Waals surface area contributed by atoms with E-state index in [1.165, 1.54) is 33.4 Å². The van der Waals surface area contributed by atoms with Gasteiger partial charge in [-0.25, -0.2) is 0 Å². The lowest BCUT2D eigenvalue weighted by Crippen LogP contribution is -1.91. The highest BCUT2D eigenvalue weighted by Crippen LogP contribution is 2.33. The number of H-pyrrole nitrogens is 1. The number of aromatic amines is 1. The number of hydrogen-bond donors (Lipinski definition) is 1. The predicted molar refractivity (Wildman–Crippen MR) is 109 cm³/mol. The highest BCUT2D eigenvalue weighted by Gasteiger charge is 2.10. The molecule has 0 bridgehead atoms. The maximum absolute atomic E-state index is 4.34. The Morgan fingerprint density at radius 2 is 1.23 bits per heavy atom. The van der Waals surface area contributed by atoms with Crippen molar-refractivity contribution < 1.29 is 0 Å². The lowest BCUT2D eigenvalue weighted by Gasteiger charge is -2.14. The van der Waals surface area contributed by atoms with Gasteiger partial charge in [-0.3, -0.25) is 5.10 Å². The summed E-state index contributed by atoms with van der Waals surface area (Å²) in [5, 5.41) is 7.35. The van der Waals surface area contributed by atoms with E-state index in [0.29, 0.717) is 0 Å². The standard InChI is InChI=1S/C24H22N2/c1-16-13-22(19-7-5-4-6-8-19)14-17(2)24(16)21-11-9-20(10-12-21)23-15-18(3)25-26-23/h4-15H,1-3H3,(H,25,26). The number of hydrogen-bond acceptors (Lipinski definition) is 1. The van der Waals surface area contributed by atoms with E-state index in [2.05, 4.69) is 96.8 Å². The summed E-state index contributed by atoms with van der Waals surface area (Å²) >= 11 is 0. The fourth-order valence-electron chi connectivity index (χ4n) is 3.59. The molecule has 1 aromatic heterocycles. The lowest BCUT2D eigenvalue weighted by atomic mass is 9.91. The van der Waals surface area contributed by atoms with Gasteiger partial charge in [0.1, 0.15) is 0 Å². The van der Waals surface area contributed by atoms with Gasteiger partial charge in [0.25, 0.3) is 0 Å². The Labute approximate surface area is 154 Å². The van der Waals surface area contributed by atoms with Crippen molar-refractivity contribution in [2.75, 3.05) is 0 Å². The first-order chi connectivity index (χ1) is 12.6. The van der Waals surface area contributed by atoms with Crippen LogP contribution in [0.5, 0.6) is 0 Å². The van der Waals surface area contributed by atoms with Gasteiger partial charge >= 0.3 is 0 Å². The third-order valence-corrected chi connectivity index (χ3v) is 4.82. The smallest absolute Gasteiger partial charge is 0.0923 e. The largest absolute Gasteiger partial charge is 0.282 e. The Kier molecular flexibility index (Phi) is 4.18. The summed E-state index contributed by atoms with van der Waals surface area (Å²) in [4.78, 5) is 0. The third-order valence-electron chi connectivity index (χ3n) is 4.82. The van der Waals surface area contributed by atoms with Crippen molar-refractivity contribution in [1.82, 2.24) is 10.2 Å². The van der Waals surface area contributed by atoms with Crippen molar-refractivity contribution in [3.63, 3.8) is 0 Å². The molecular formula is C24H22N2. The van der Waals surface area contributed by atoms with Gasteiger partial charge in [-0.1, -0.05) is 66.7 Å². The fourth-order valence-corrected chi connectivity index (χ4v) is 3.59. The summed E-state index contributed by atoms with van der Waals surface area (Å²) in [6, 6.07) is 25.9. The molecule has 0 aliphatic heterocycles. The van der Waals surface area contributed by atoms with Crippen molar-refractivity contribution in [1.29, 1.82) is 0 Å². The Balaban J connectivity index is 1.72. The summed E-state index contributed by atoms with van der Waals surface area (Å²) in [6.45, 7) is 6.41. The molecule has 0 aliphatic carbocycles. The number of nitrogens with one attached hydrogen (secondary N) is 1. The van der Waals surface area contributed by atoms with E-state index in [4.69, 9.17) is 0 Å². The fraction of sp³-hybridized carbons (Fsp3) is 0.125. The van der Waals surface area contributed by atoms with Crippen molar-refractivity contribution in [3.8, 4) is 33.5 Å². The van der Waals surface area contributed by atoms with Crippen molar-refractivity contribution in [3.05, 3.63) is 89.6 Å². The van der Waals surface area contributed by atoms with Crippen molar-refractivity contribution in [2.24, 2.45) is 0 Å². The monoisotopic (exact) mass is 338 g/mol. The molecule has 0 saturated carbocycles. The van der Waals surface area contributed by atoms with Gasteiger partial charge in [0.2, 0.25) is 0 Å². The minimum Gasteiger partial charge on any atom is -0.282 e. The molecule has 1 heterocycles. The molecule has 4 aromatic rings. The summed E-state index contributed by atoms with van der Waals surface area (Å²) in [5.41, 5.74) is 10.9. The Bertz CT molecular complexity index is 1020. The summed E-state index contributed by atoms with van der Waals surface area (Å²) in [6.07, 6.45) is 0. The van der Waals surface area contributed by atoms with Crippen LogP contribution in [0.2, 0.25) is 0 Å². The van der Waals surface area contributed by atoms with Crippen LogP contribution in [-0.2, 0) is 0 Å². The maximum Gasteiger partial charge on any atom is 0.0923 e. The van der Waals surface area contributed by atoms with Crippen LogP contribution < -0.4 is 0 Å². The number of aryl methyl sites for hydroxylation is 3. The molecule has 0 amide bonds. The lowest BCUT2D eigenvalue weighted by molar-refractivity contribution is 1.05. The predicted octanol–water partition coefficient (Wildman–Crippen LogP) is 6.34. The molecule has 128 valence electrons. The number of benzene rings is 3. The SMILES string of the molecule is Cc1cc(-c2ccc(-c3c(C)cc(-c4ccccc4)cc3C)cc2)n[nH]1. The van der Waals surface area contributed by atoms with Gasteiger partial charge in [0.05, 0.1) is 5.69 Å². The van der Waals surface area contributed by atoms with Gasteiger partial charge in [0.15, 0.2) is 0 Å². The summed E-state index contributed by atoms with van der Waals surface area (Å²) in [5.74, 6) is 0. The molecule has 0 radical (unpaired) electrons. The van der Waals surface area contributed by atoms with E-state index in [1.54, 1.807) is 0 Å². The molecule has 0 fully saturated rings. The van der Waals surface area contributed by atoms with E-state index in [0.717, 1.165) is 17.0 Å². The highest BCUT2D eigenvalue weighted by atomic mass is 15.1. The third kappa shape index (κ3) is 3.06. The highest BCUT2D eigenvalue weighted by molar-refractivity contribution is 5.78. The number of nitrogens with zero attached hydrogens (tertiary/aromatic N) is 1. The van der Waals surface area contributed by atoms with Crippen LogP contribution >= 0.6 is 0 Å². The normalized spacial score (nSPS) is 10.9. The second-order valence-corrected chi connectivity index (χ2v) is 6.86. The average molecular weight is 338 g/mol. The Morgan fingerprint density at radius 1 is 0.615 bits per heavy atom. The molecule has 0 saturated heterocycles. The van der Waals surface area contributed by atoms with E-state index in [1.807, 2.05) is 6.92 Å². The minimum atomic E-state index is 0.988. The van der Waals surface area contributed by atoms with Gasteiger partial charge < -0.3 is 0 Å². The zero-order valence-corrected chi connectivity index (χ0v) is 15.4. The second kappa shape index (κ2) is 6.64. The summed E-state index contributed by atoms with van der Waals surface area (Å²) in [7, 11) is 0. The van der Waals surface area contributed by atoms with Crippen LogP contribution in [0, 0.1) is 20.8 Å². The van der Waals surface area contributed by atoms with E-state index in [9.17, 15) is 0 Å². The summed E-state index contributed by atoms with van der Waals surface area (Å²) < 4.78 is 0. The molecule has 0 atom stereocenters.